The predicted octanol–water partition coefficient (Wildman–Crippen LogP) is 1.71. The summed E-state index contributed by atoms with van der Waals surface area (Å²) in [5.41, 5.74) is 1.01. The molecule has 0 aliphatic carbocycles. The molecule has 0 bridgehead atoms. The number of carbonyl (C=O) groups excluding carboxylic acids is 1. The molecule has 1 amide bonds. The highest BCUT2D eigenvalue weighted by atomic mass is 16.4. The minimum Gasteiger partial charge on any atom is -0.481 e. The van der Waals surface area contributed by atoms with Crippen molar-refractivity contribution in [1.29, 1.82) is 0 Å². The molecule has 1 aromatic carbocycles. The summed E-state index contributed by atoms with van der Waals surface area (Å²) in [5.74, 6) is -0.757. The highest BCUT2D eigenvalue weighted by Crippen LogP contribution is 2.07. The normalized spacial score (nSPS) is 16.6. The summed E-state index contributed by atoms with van der Waals surface area (Å²) in [6.07, 6.45) is 4.48. The molecule has 1 heterocycles. The second-order valence-electron chi connectivity index (χ2n) is 5.41. The Morgan fingerprint density at radius 2 is 1.86 bits per heavy atom. The Morgan fingerprint density at radius 3 is 2.59 bits per heavy atom. The van der Waals surface area contributed by atoms with E-state index >= 15 is 0 Å². The lowest BCUT2D eigenvalue weighted by Crippen LogP contribution is -2.34. The molecule has 22 heavy (non-hydrogen) atoms. The lowest BCUT2D eigenvalue weighted by atomic mass is 10.2. The number of hydrogen-bond acceptors (Lipinski definition) is 3. The number of nitrogens with zero attached hydrogens (tertiary/aromatic N) is 2. The Morgan fingerprint density at radius 1 is 1.09 bits per heavy atom. The lowest BCUT2D eigenvalue weighted by Gasteiger charge is -2.20. The number of carboxylic acid groups (broad SMARTS) is 1. The van der Waals surface area contributed by atoms with Crippen LogP contribution in [0.2, 0.25) is 0 Å². The molecule has 1 N–H and O–H groups in total. The molecule has 0 saturated carbocycles. The van der Waals surface area contributed by atoms with E-state index in [1.54, 1.807) is 6.08 Å². The van der Waals surface area contributed by atoms with Gasteiger partial charge in [-0.2, -0.15) is 0 Å². The number of carbonyl (C=O) groups is 2. The molecular formula is C17H22N2O3. The minimum absolute atomic E-state index is 0.0175. The first-order valence-corrected chi connectivity index (χ1v) is 7.61. The summed E-state index contributed by atoms with van der Waals surface area (Å²) in [6.45, 7) is 3.51. The van der Waals surface area contributed by atoms with Gasteiger partial charge in [-0.1, -0.05) is 30.3 Å². The molecule has 1 aromatic rings. The van der Waals surface area contributed by atoms with Crippen LogP contribution in [0.4, 0.5) is 0 Å². The van der Waals surface area contributed by atoms with Crippen LogP contribution >= 0.6 is 0 Å². The van der Waals surface area contributed by atoms with Crippen LogP contribution < -0.4 is 0 Å². The molecule has 1 aliphatic heterocycles. The summed E-state index contributed by atoms with van der Waals surface area (Å²) < 4.78 is 0. The zero-order chi connectivity index (χ0) is 15.8. The van der Waals surface area contributed by atoms with E-state index in [4.69, 9.17) is 5.11 Å². The van der Waals surface area contributed by atoms with Crippen molar-refractivity contribution >= 4 is 18.0 Å². The van der Waals surface area contributed by atoms with Crippen LogP contribution in [-0.4, -0.2) is 59.5 Å². The Labute approximate surface area is 130 Å². The van der Waals surface area contributed by atoms with Gasteiger partial charge in [0.15, 0.2) is 0 Å². The van der Waals surface area contributed by atoms with Crippen LogP contribution in [-0.2, 0) is 9.59 Å². The first kappa shape index (κ1) is 16.2. The van der Waals surface area contributed by atoms with Gasteiger partial charge in [-0.15, -0.1) is 0 Å². The van der Waals surface area contributed by atoms with Crippen LogP contribution in [0.25, 0.3) is 6.08 Å². The molecule has 1 fully saturated rings. The van der Waals surface area contributed by atoms with E-state index in [2.05, 4.69) is 4.90 Å². The predicted molar refractivity (Wildman–Crippen MR) is 85.4 cm³/mol. The van der Waals surface area contributed by atoms with Crippen molar-refractivity contribution in [3.8, 4) is 0 Å². The average molecular weight is 302 g/mol. The third-order valence-electron chi connectivity index (χ3n) is 3.76. The van der Waals surface area contributed by atoms with Gasteiger partial charge in [0.05, 0.1) is 6.42 Å². The zero-order valence-electron chi connectivity index (χ0n) is 12.6. The number of amides is 1. The van der Waals surface area contributed by atoms with Gasteiger partial charge >= 0.3 is 5.97 Å². The maximum absolute atomic E-state index is 12.2. The standard InChI is InChI=1S/C17H22N2O3/c20-16(8-7-15-5-2-1-3-6-15)19-11-4-10-18(13-14-19)12-9-17(21)22/h1-3,5-8H,4,9-14H2,(H,21,22)/b8-7+. The van der Waals surface area contributed by atoms with Crippen molar-refractivity contribution < 1.29 is 14.7 Å². The molecule has 0 aromatic heterocycles. The molecule has 2 rings (SSSR count). The minimum atomic E-state index is -0.775. The topological polar surface area (TPSA) is 60.9 Å². The fourth-order valence-electron chi connectivity index (χ4n) is 2.51. The summed E-state index contributed by atoms with van der Waals surface area (Å²) in [5, 5.41) is 8.73. The molecule has 118 valence electrons. The van der Waals surface area contributed by atoms with Gasteiger partial charge in [0.1, 0.15) is 0 Å². The smallest absolute Gasteiger partial charge is 0.304 e. The largest absolute Gasteiger partial charge is 0.481 e. The van der Waals surface area contributed by atoms with Gasteiger partial charge in [-0.25, -0.2) is 0 Å². The fourth-order valence-corrected chi connectivity index (χ4v) is 2.51. The van der Waals surface area contributed by atoms with Crippen LogP contribution in [0.1, 0.15) is 18.4 Å². The van der Waals surface area contributed by atoms with E-state index in [-0.39, 0.29) is 12.3 Å². The van der Waals surface area contributed by atoms with Gasteiger partial charge < -0.3 is 14.9 Å². The van der Waals surface area contributed by atoms with E-state index in [0.29, 0.717) is 13.1 Å². The molecule has 0 radical (unpaired) electrons. The van der Waals surface area contributed by atoms with Gasteiger partial charge in [0.2, 0.25) is 5.91 Å². The first-order chi connectivity index (χ1) is 10.6. The van der Waals surface area contributed by atoms with E-state index in [1.807, 2.05) is 41.3 Å². The Balaban J connectivity index is 1.84. The fraction of sp³-hybridized carbons (Fsp3) is 0.412. The summed E-state index contributed by atoms with van der Waals surface area (Å²) in [7, 11) is 0. The number of benzene rings is 1. The van der Waals surface area contributed by atoms with Crippen molar-refractivity contribution in [2.45, 2.75) is 12.8 Å². The molecule has 1 aliphatic rings. The second kappa shape index (κ2) is 8.34. The van der Waals surface area contributed by atoms with Gasteiger partial charge in [-0.3, -0.25) is 9.59 Å². The highest BCUT2D eigenvalue weighted by Gasteiger charge is 2.17. The van der Waals surface area contributed by atoms with E-state index in [1.165, 1.54) is 0 Å². The molecule has 5 nitrogen and oxygen atoms in total. The summed E-state index contributed by atoms with van der Waals surface area (Å²) >= 11 is 0. The van der Waals surface area contributed by atoms with Crippen molar-refractivity contribution in [3.05, 3.63) is 42.0 Å². The van der Waals surface area contributed by atoms with Gasteiger partial charge in [-0.05, 0) is 24.6 Å². The maximum Gasteiger partial charge on any atom is 0.304 e. The van der Waals surface area contributed by atoms with Crippen LogP contribution in [0.3, 0.4) is 0 Å². The number of hydrogen-bond donors (Lipinski definition) is 1. The lowest BCUT2D eigenvalue weighted by molar-refractivity contribution is -0.137. The van der Waals surface area contributed by atoms with Gasteiger partial charge in [0.25, 0.3) is 0 Å². The Bertz CT molecular complexity index is 528. The van der Waals surface area contributed by atoms with Crippen LogP contribution in [0.5, 0.6) is 0 Å². The molecule has 1 saturated heterocycles. The Hall–Kier alpha value is -2.14. The van der Waals surface area contributed by atoms with Crippen molar-refractivity contribution in [2.24, 2.45) is 0 Å². The monoisotopic (exact) mass is 302 g/mol. The first-order valence-electron chi connectivity index (χ1n) is 7.61. The molecule has 5 heteroatoms. The van der Waals surface area contributed by atoms with E-state index in [9.17, 15) is 9.59 Å². The summed E-state index contributed by atoms with van der Waals surface area (Å²) in [6, 6.07) is 9.74. The van der Waals surface area contributed by atoms with E-state index < -0.39 is 5.97 Å². The van der Waals surface area contributed by atoms with Crippen LogP contribution in [0, 0.1) is 0 Å². The number of carboxylic acids is 1. The SMILES string of the molecule is O=C(O)CCN1CCCN(C(=O)/C=C/c2ccccc2)CC1. The maximum atomic E-state index is 12.2. The summed E-state index contributed by atoms with van der Waals surface area (Å²) in [4.78, 5) is 26.8. The van der Waals surface area contributed by atoms with E-state index in [0.717, 1.165) is 31.6 Å². The van der Waals surface area contributed by atoms with Crippen molar-refractivity contribution in [2.75, 3.05) is 32.7 Å². The van der Waals surface area contributed by atoms with Crippen LogP contribution in [0.15, 0.2) is 36.4 Å². The molecule has 0 atom stereocenters. The molecular weight excluding hydrogens is 280 g/mol. The highest BCUT2D eigenvalue weighted by molar-refractivity contribution is 5.91. The molecule has 0 spiro atoms. The number of aliphatic carboxylic acids is 1. The van der Waals surface area contributed by atoms with Crippen molar-refractivity contribution in [3.63, 3.8) is 0 Å². The third-order valence-corrected chi connectivity index (χ3v) is 3.76. The second-order valence-corrected chi connectivity index (χ2v) is 5.41. The zero-order valence-corrected chi connectivity index (χ0v) is 12.6. The molecule has 0 unspecified atom stereocenters. The third kappa shape index (κ3) is 5.33. The van der Waals surface area contributed by atoms with Gasteiger partial charge in [0, 0.05) is 32.3 Å². The average Bonchev–Trinajstić information content (AvgIpc) is 2.77. The Kier molecular flexibility index (Phi) is 6.15. The number of rotatable bonds is 5. The van der Waals surface area contributed by atoms with Crippen molar-refractivity contribution in [1.82, 2.24) is 9.80 Å². The quantitative estimate of drug-likeness (QED) is 0.841.